The molecule has 0 saturated carbocycles. The highest BCUT2D eigenvalue weighted by Crippen LogP contribution is 2.16. The van der Waals surface area contributed by atoms with Crippen molar-refractivity contribution >= 4 is 23.1 Å². The molecule has 1 atom stereocenters. The van der Waals surface area contributed by atoms with E-state index in [0.717, 1.165) is 16.5 Å². The van der Waals surface area contributed by atoms with Crippen molar-refractivity contribution in [1.29, 1.82) is 0 Å². The predicted molar refractivity (Wildman–Crippen MR) is 56.1 cm³/mol. The van der Waals surface area contributed by atoms with Gasteiger partial charge in [-0.3, -0.25) is 0 Å². The molecule has 0 saturated heterocycles. The minimum atomic E-state index is -0.606. The zero-order chi connectivity index (χ0) is 9.68. The summed E-state index contributed by atoms with van der Waals surface area (Å²) in [4.78, 5) is 4.29. The van der Waals surface area contributed by atoms with Crippen molar-refractivity contribution in [3.8, 4) is 0 Å². The highest BCUT2D eigenvalue weighted by molar-refractivity contribution is 7.98. The van der Waals surface area contributed by atoms with Crippen molar-refractivity contribution in [3.63, 3.8) is 0 Å². The normalized spacial score (nSPS) is 13.2. The summed E-state index contributed by atoms with van der Waals surface area (Å²) in [5.41, 5.74) is 1.04. The van der Waals surface area contributed by atoms with Crippen LogP contribution < -0.4 is 0 Å². The first kappa shape index (κ1) is 11.0. The lowest BCUT2D eigenvalue weighted by atomic mass is 10.4. The maximum absolute atomic E-state index is 9.05. The third-order valence-electron chi connectivity index (χ3n) is 1.41. The quantitative estimate of drug-likeness (QED) is 0.777. The van der Waals surface area contributed by atoms with E-state index in [2.05, 4.69) is 4.98 Å². The zero-order valence-electron chi connectivity index (χ0n) is 7.43. The molecule has 1 unspecified atom stereocenters. The Morgan fingerprint density at radius 2 is 2.46 bits per heavy atom. The Morgan fingerprint density at radius 3 is 3.00 bits per heavy atom. The number of aliphatic hydroxyl groups is 2. The maximum Gasteiger partial charge on any atom is 0.103 e. The molecule has 5 heteroatoms. The van der Waals surface area contributed by atoms with Crippen molar-refractivity contribution in [2.24, 2.45) is 0 Å². The van der Waals surface area contributed by atoms with E-state index >= 15 is 0 Å². The van der Waals surface area contributed by atoms with Gasteiger partial charge in [-0.25, -0.2) is 4.98 Å². The number of hydrogen-bond acceptors (Lipinski definition) is 5. The van der Waals surface area contributed by atoms with Gasteiger partial charge in [-0.05, 0) is 6.92 Å². The molecule has 0 fully saturated rings. The first-order valence-electron chi connectivity index (χ1n) is 4.00. The van der Waals surface area contributed by atoms with Crippen LogP contribution in [0.5, 0.6) is 0 Å². The van der Waals surface area contributed by atoms with Crippen molar-refractivity contribution < 1.29 is 10.2 Å². The Balaban J connectivity index is 2.20. The first-order chi connectivity index (χ1) is 6.22. The lowest BCUT2D eigenvalue weighted by Gasteiger charge is -2.04. The molecule has 0 aliphatic heterocycles. The smallest absolute Gasteiger partial charge is 0.103 e. The van der Waals surface area contributed by atoms with Gasteiger partial charge in [0.15, 0.2) is 0 Å². The van der Waals surface area contributed by atoms with Gasteiger partial charge in [0, 0.05) is 22.6 Å². The molecule has 0 aliphatic rings. The standard InChI is InChI=1S/C8H13NO2S2/c1-6-3-13-8(9-6)5-12-4-7(11)2-10/h3,7,10-11H,2,4-5H2,1H3. The number of aliphatic hydroxyl groups excluding tert-OH is 2. The summed E-state index contributed by atoms with van der Waals surface area (Å²) in [5, 5.41) is 20.7. The van der Waals surface area contributed by atoms with E-state index in [-0.39, 0.29) is 6.61 Å². The maximum atomic E-state index is 9.05. The van der Waals surface area contributed by atoms with Gasteiger partial charge in [-0.15, -0.1) is 11.3 Å². The fraction of sp³-hybridized carbons (Fsp3) is 0.625. The zero-order valence-corrected chi connectivity index (χ0v) is 9.07. The number of thiazole rings is 1. The van der Waals surface area contributed by atoms with E-state index in [1.54, 1.807) is 23.1 Å². The fourth-order valence-corrected chi connectivity index (χ4v) is 2.62. The minimum absolute atomic E-state index is 0.163. The topological polar surface area (TPSA) is 53.4 Å². The van der Waals surface area contributed by atoms with Crippen molar-refractivity contribution in [2.75, 3.05) is 12.4 Å². The second-order valence-corrected chi connectivity index (χ2v) is 4.71. The molecule has 0 bridgehead atoms. The lowest BCUT2D eigenvalue weighted by molar-refractivity contribution is 0.113. The molecule has 0 radical (unpaired) electrons. The Kier molecular flexibility index (Phi) is 4.72. The highest BCUT2D eigenvalue weighted by Gasteiger charge is 2.03. The molecule has 0 aliphatic carbocycles. The molecule has 13 heavy (non-hydrogen) atoms. The number of aromatic nitrogens is 1. The second-order valence-electron chi connectivity index (χ2n) is 2.73. The Hall–Kier alpha value is -0.100. The molecule has 1 aromatic heterocycles. The average Bonchev–Trinajstić information content (AvgIpc) is 2.51. The third kappa shape index (κ3) is 4.08. The van der Waals surface area contributed by atoms with Gasteiger partial charge in [0.05, 0.1) is 12.7 Å². The van der Waals surface area contributed by atoms with Crippen LogP contribution in [0.3, 0.4) is 0 Å². The van der Waals surface area contributed by atoms with Crippen molar-refractivity contribution in [1.82, 2.24) is 4.98 Å². The molecule has 0 amide bonds. The molecule has 2 N–H and O–H groups in total. The SMILES string of the molecule is Cc1csc(CSCC(O)CO)n1. The van der Waals surface area contributed by atoms with E-state index in [0.29, 0.717) is 5.75 Å². The van der Waals surface area contributed by atoms with Gasteiger partial charge in [0.25, 0.3) is 0 Å². The molecule has 3 nitrogen and oxygen atoms in total. The van der Waals surface area contributed by atoms with E-state index in [1.807, 2.05) is 12.3 Å². The Morgan fingerprint density at radius 1 is 1.69 bits per heavy atom. The van der Waals surface area contributed by atoms with E-state index in [1.165, 1.54) is 0 Å². The monoisotopic (exact) mass is 219 g/mol. The van der Waals surface area contributed by atoms with Gasteiger partial charge < -0.3 is 10.2 Å². The van der Waals surface area contributed by atoms with Gasteiger partial charge in [0.1, 0.15) is 5.01 Å². The predicted octanol–water partition coefficient (Wildman–Crippen LogP) is 1.04. The van der Waals surface area contributed by atoms with E-state index < -0.39 is 6.10 Å². The van der Waals surface area contributed by atoms with Crippen LogP contribution in [0.4, 0.5) is 0 Å². The molecule has 0 spiro atoms. The lowest BCUT2D eigenvalue weighted by Crippen LogP contribution is -2.14. The summed E-state index contributed by atoms with van der Waals surface area (Å²) < 4.78 is 0. The largest absolute Gasteiger partial charge is 0.394 e. The molecule has 1 heterocycles. The fourth-order valence-electron chi connectivity index (χ4n) is 0.804. The number of hydrogen-bond donors (Lipinski definition) is 2. The van der Waals surface area contributed by atoms with Crippen molar-refractivity contribution in [3.05, 3.63) is 16.1 Å². The summed E-state index contributed by atoms with van der Waals surface area (Å²) >= 11 is 3.22. The second kappa shape index (κ2) is 5.59. The first-order valence-corrected chi connectivity index (χ1v) is 6.03. The number of rotatable bonds is 5. The summed E-state index contributed by atoms with van der Waals surface area (Å²) in [7, 11) is 0. The third-order valence-corrected chi connectivity index (χ3v) is 3.66. The van der Waals surface area contributed by atoms with Crippen LogP contribution >= 0.6 is 23.1 Å². The van der Waals surface area contributed by atoms with Crippen LogP contribution in [0.25, 0.3) is 0 Å². The van der Waals surface area contributed by atoms with Crippen LogP contribution in [-0.2, 0) is 5.75 Å². The summed E-state index contributed by atoms with van der Waals surface area (Å²) in [5.74, 6) is 1.38. The Labute approximate surface area is 85.8 Å². The molecular weight excluding hydrogens is 206 g/mol. The number of aryl methyl sites for hydroxylation is 1. The van der Waals surface area contributed by atoms with E-state index in [9.17, 15) is 0 Å². The van der Waals surface area contributed by atoms with Gasteiger partial charge in [-0.1, -0.05) is 0 Å². The summed E-state index contributed by atoms with van der Waals surface area (Å²) in [6.07, 6.45) is -0.606. The molecule has 1 rings (SSSR count). The van der Waals surface area contributed by atoms with Crippen LogP contribution in [0, 0.1) is 6.92 Å². The van der Waals surface area contributed by atoms with Crippen LogP contribution in [-0.4, -0.2) is 33.7 Å². The van der Waals surface area contributed by atoms with Gasteiger partial charge >= 0.3 is 0 Å². The molecule has 1 aromatic rings. The van der Waals surface area contributed by atoms with Gasteiger partial charge in [-0.2, -0.15) is 11.8 Å². The molecular formula is C8H13NO2S2. The molecule has 74 valence electrons. The minimum Gasteiger partial charge on any atom is -0.394 e. The summed E-state index contributed by atoms with van der Waals surface area (Å²) in [6, 6.07) is 0. The van der Waals surface area contributed by atoms with Crippen LogP contribution in [0.2, 0.25) is 0 Å². The highest BCUT2D eigenvalue weighted by atomic mass is 32.2. The average molecular weight is 219 g/mol. The van der Waals surface area contributed by atoms with Crippen LogP contribution in [0.1, 0.15) is 10.7 Å². The molecule has 0 aromatic carbocycles. The number of thioether (sulfide) groups is 1. The van der Waals surface area contributed by atoms with Crippen LogP contribution in [0.15, 0.2) is 5.38 Å². The Bertz CT molecular complexity index is 252. The van der Waals surface area contributed by atoms with E-state index in [4.69, 9.17) is 10.2 Å². The summed E-state index contributed by atoms with van der Waals surface area (Å²) in [6.45, 7) is 1.80. The van der Waals surface area contributed by atoms with Crippen molar-refractivity contribution in [2.45, 2.75) is 18.8 Å². The number of nitrogens with zero attached hydrogens (tertiary/aromatic N) is 1. The van der Waals surface area contributed by atoms with Gasteiger partial charge in [0.2, 0.25) is 0 Å².